The Kier molecular flexibility index (Phi) is 3.63. The molecule has 0 N–H and O–H groups in total. The van der Waals surface area contributed by atoms with Gasteiger partial charge in [-0.3, -0.25) is 0 Å². The Morgan fingerprint density at radius 2 is 1.62 bits per heavy atom. The summed E-state index contributed by atoms with van der Waals surface area (Å²) in [4.78, 5) is 0. The fourth-order valence-electron chi connectivity index (χ4n) is 1.12. The van der Waals surface area contributed by atoms with Crippen LogP contribution in [0.2, 0.25) is 18.1 Å². The van der Waals surface area contributed by atoms with Gasteiger partial charge in [0.1, 0.15) is 5.75 Å². The highest BCUT2D eigenvalue weighted by Gasteiger charge is 2.38. The largest absolute Gasteiger partial charge is 0.544 e. The second-order valence-electron chi connectivity index (χ2n) is 5.64. The average molecular weight is 234 g/mol. The second kappa shape index (κ2) is 4.46. The molecular formula is C14H22OSi. The van der Waals surface area contributed by atoms with Gasteiger partial charge < -0.3 is 4.43 Å². The first-order valence-electron chi connectivity index (χ1n) is 5.68. The van der Waals surface area contributed by atoms with Gasteiger partial charge in [-0.05, 0) is 35.8 Å². The zero-order valence-corrected chi connectivity index (χ0v) is 12.0. The first-order chi connectivity index (χ1) is 7.26. The molecule has 1 rings (SSSR count). The smallest absolute Gasteiger partial charge is 0.250 e. The Balaban J connectivity index is 2.84. The summed E-state index contributed by atoms with van der Waals surface area (Å²) < 4.78 is 6.17. The van der Waals surface area contributed by atoms with Gasteiger partial charge in [-0.1, -0.05) is 45.6 Å². The molecule has 1 nitrogen and oxygen atoms in total. The van der Waals surface area contributed by atoms with E-state index in [2.05, 4.69) is 40.4 Å². The minimum atomic E-state index is -1.70. The summed E-state index contributed by atoms with van der Waals surface area (Å²) in [5.41, 5.74) is 1.13. The van der Waals surface area contributed by atoms with Crippen LogP contribution in [0.1, 0.15) is 26.3 Å². The maximum atomic E-state index is 6.17. The molecule has 0 aliphatic rings. The zero-order valence-electron chi connectivity index (χ0n) is 11.0. The first-order valence-corrected chi connectivity index (χ1v) is 8.58. The van der Waals surface area contributed by atoms with Crippen LogP contribution in [0.3, 0.4) is 0 Å². The molecule has 0 radical (unpaired) electrons. The standard InChI is InChI=1S/C14H22OSi/c1-7-12-8-10-13(11-9-12)15-16(5,6)14(2,3)4/h7-11H,1H2,2-6H3. The van der Waals surface area contributed by atoms with Gasteiger partial charge in [0, 0.05) is 0 Å². The van der Waals surface area contributed by atoms with Gasteiger partial charge in [0.15, 0.2) is 0 Å². The summed E-state index contributed by atoms with van der Waals surface area (Å²) >= 11 is 0. The predicted molar refractivity (Wildman–Crippen MR) is 74.4 cm³/mol. The lowest BCUT2D eigenvalue weighted by molar-refractivity contribution is 0.492. The fraction of sp³-hybridized carbons (Fsp3) is 0.429. The minimum Gasteiger partial charge on any atom is -0.544 e. The van der Waals surface area contributed by atoms with Crippen molar-refractivity contribution < 1.29 is 4.43 Å². The van der Waals surface area contributed by atoms with E-state index in [4.69, 9.17) is 4.43 Å². The van der Waals surface area contributed by atoms with Gasteiger partial charge >= 0.3 is 0 Å². The third-order valence-electron chi connectivity index (χ3n) is 3.29. The van der Waals surface area contributed by atoms with Crippen molar-refractivity contribution in [1.82, 2.24) is 0 Å². The van der Waals surface area contributed by atoms with Crippen LogP contribution in [0, 0.1) is 0 Å². The molecule has 0 spiro atoms. The summed E-state index contributed by atoms with van der Waals surface area (Å²) in [5.74, 6) is 0.970. The lowest BCUT2D eigenvalue weighted by Gasteiger charge is -2.36. The molecule has 88 valence electrons. The van der Waals surface area contributed by atoms with E-state index in [-0.39, 0.29) is 5.04 Å². The molecule has 0 amide bonds. The number of benzene rings is 1. The molecule has 16 heavy (non-hydrogen) atoms. The van der Waals surface area contributed by atoms with E-state index in [9.17, 15) is 0 Å². The van der Waals surface area contributed by atoms with E-state index in [0.29, 0.717) is 0 Å². The topological polar surface area (TPSA) is 9.23 Å². The van der Waals surface area contributed by atoms with Crippen LogP contribution in [-0.2, 0) is 0 Å². The highest BCUT2D eigenvalue weighted by molar-refractivity contribution is 6.74. The van der Waals surface area contributed by atoms with Crippen molar-refractivity contribution in [3.8, 4) is 5.75 Å². The van der Waals surface area contributed by atoms with Crippen LogP contribution >= 0.6 is 0 Å². The number of hydrogen-bond acceptors (Lipinski definition) is 1. The van der Waals surface area contributed by atoms with Gasteiger partial charge in [-0.25, -0.2) is 0 Å². The summed E-state index contributed by atoms with van der Waals surface area (Å²) in [5, 5.41) is 0.240. The molecule has 0 unspecified atom stereocenters. The van der Waals surface area contributed by atoms with Crippen molar-refractivity contribution >= 4 is 14.4 Å². The van der Waals surface area contributed by atoms with Gasteiger partial charge in [-0.15, -0.1) is 0 Å². The van der Waals surface area contributed by atoms with Crippen molar-refractivity contribution in [3.05, 3.63) is 36.4 Å². The Hall–Kier alpha value is -1.02. The highest BCUT2D eigenvalue weighted by Crippen LogP contribution is 2.37. The molecule has 0 aliphatic heterocycles. The molecule has 2 heteroatoms. The van der Waals surface area contributed by atoms with Gasteiger partial charge in [0.2, 0.25) is 8.32 Å². The number of hydrogen-bond donors (Lipinski definition) is 0. The van der Waals surface area contributed by atoms with Gasteiger partial charge in [0.25, 0.3) is 0 Å². The van der Waals surface area contributed by atoms with E-state index in [1.807, 2.05) is 30.3 Å². The van der Waals surface area contributed by atoms with Crippen molar-refractivity contribution in [2.24, 2.45) is 0 Å². The van der Waals surface area contributed by atoms with Crippen molar-refractivity contribution in [3.63, 3.8) is 0 Å². The van der Waals surface area contributed by atoms with Crippen LogP contribution in [0.5, 0.6) is 5.75 Å². The van der Waals surface area contributed by atoms with Crippen LogP contribution in [-0.4, -0.2) is 8.32 Å². The zero-order chi connectivity index (χ0) is 12.4. The van der Waals surface area contributed by atoms with E-state index in [0.717, 1.165) is 11.3 Å². The van der Waals surface area contributed by atoms with E-state index in [1.54, 1.807) is 0 Å². The SMILES string of the molecule is C=Cc1ccc(O[Si](C)(C)C(C)(C)C)cc1. The molecule has 0 aliphatic carbocycles. The lowest BCUT2D eigenvalue weighted by atomic mass is 10.2. The molecular weight excluding hydrogens is 212 g/mol. The predicted octanol–water partition coefficient (Wildman–Crippen LogP) is 4.71. The Labute approximate surface area is 100 Å². The minimum absolute atomic E-state index is 0.240. The maximum Gasteiger partial charge on any atom is 0.250 e. The molecule has 0 heterocycles. The van der Waals surface area contributed by atoms with Crippen LogP contribution < -0.4 is 4.43 Å². The quantitative estimate of drug-likeness (QED) is 0.688. The molecule has 0 atom stereocenters. The molecule has 0 saturated carbocycles. The van der Waals surface area contributed by atoms with Crippen LogP contribution in [0.15, 0.2) is 30.8 Å². The van der Waals surface area contributed by atoms with E-state index in [1.165, 1.54) is 0 Å². The van der Waals surface area contributed by atoms with Crippen molar-refractivity contribution in [2.45, 2.75) is 38.9 Å². The summed E-state index contributed by atoms with van der Waals surface area (Å²) in [6.07, 6.45) is 1.84. The molecule has 0 saturated heterocycles. The van der Waals surface area contributed by atoms with E-state index < -0.39 is 8.32 Å². The first kappa shape index (κ1) is 13.0. The van der Waals surface area contributed by atoms with Crippen molar-refractivity contribution in [2.75, 3.05) is 0 Å². The van der Waals surface area contributed by atoms with E-state index >= 15 is 0 Å². The maximum absolute atomic E-state index is 6.17. The van der Waals surface area contributed by atoms with Crippen LogP contribution in [0.4, 0.5) is 0 Å². The molecule has 1 aromatic carbocycles. The second-order valence-corrected chi connectivity index (χ2v) is 10.4. The molecule has 0 aromatic heterocycles. The third kappa shape index (κ3) is 2.98. The Bertz CT molecular complexity index is 357. The Morgan fingerprint density at radius 3 is 2.00 bits per heavy atom. The Morgan fingerprint density at radius 1 is 1.12 bits per heavy atom. The van der Waals surface area contributed by atoms with Crippen LogP contribution in [0.25, 0.3) is 6.08 Å². The van der Waals surface area contributed by atoms with Crippen molar-refractivity contribution in [1.29, 1.82) is 0 Å². The molecule has 0 bridgehead atoms. The normalized spacial score (nSPS) is 12.3. The lowest BCUT2D eigenvalue weighted by Crippen LogP contribution is -2.43. The highest BCUT2D eigenvalue weighted by atomic mass is 28.4. The fourth-order valence-corrected chi connectivity index (χ4v) is 2.15. The number of rotatable bonds is 3. The molecule has 1 aromatic rings. The summed E-state index contributed by atoms with van der Waals surface area (Å²) in [6, 6.07) is 8.12. The third-order valence-corrected chi connectivity index (χ3v) is 7.65. The molecule has 0 fully saturated rings. The van der Waals surface area contributed by atoms with Gasteiger partial charge in [-0.2, -0.15) is 0 Å². The monoisotopic (exact) mass is 234 g/mol. The summed E-state index contributed by atoms with van der Waals surface area (Å²) in [7, 11) is -1.70. The average Bonchev–Trinajstić information content (AvgIpc) is 2.16. The van der Waals surface area contributed by atoms with Gasteiger partial charge in [0.05, 0.1) is 0 Å². The summed E-state index contributed by atoms with van der Waals surface area (Å²) in [6.45, 7) is 15.0.